The average Bonchev–Trinajstić information content (AvgIpc) is 2.64. The third kappa shape index (κ3) is 6.31. The normalized spacial score (nSPS) is 11.6. The van der Waals surface area contributed by atoms with Crippen molar-refractivity contribution in [1.29, 1.82) is 0 Å². The number of aryl methyl sites for hydroxylation is 2. The summed E-state index contributed by atoms with van der Waals surface area (Å²) in [6.45, 7) is 2.75. The number of para-hydroxylation sites is 1. The smallest absolute Gasteiger partial charge is 0.213 e. The van der Waals surface area contributed by atoms with E-state index in [1.54, 1.807) is 0 Å². The third-order valence-electron chi connectivity index (χ3n) is 4.53. The fraction of sp³-hybridized carbons (Fsp3) is 0.227. The van der Waals surface area contributed by atoms with Gasteiger partial charge in [-0.2, -0.15) is 4.57 Å². The maximum absolute atomic E-state index is 10.7. The molecule has 3 rings (SSSR count). The zero-order chi connectivity index (χ0) is 19.3. The molecular formula is C22H23NO3SV. The van der Waals surface area contributed by atoms with Crippen LogP contribution in [0.3, 0.4) is 0 Å². The minimum Gasteiger partial charge on any atom is -0.748 e. The summed E-state index contributed by atoms with van der Waals surface area (Å²) in [5, 5.41) is 1.14. The standard InChI is InChI=1S/C22H23NO3S.V/c1-18-8-10-19(11-9-18)12-13-20-14-16-23(15-4-5-17-27(24,25)26)22-7-3-2-6-21(20)22;/h2-3,6-14,16H,4-5,15,17H2,1H3;/b13-12+;. The van der Waals surface area contributed by atoms with Gasteiger partial charge in [0.2, 0.25) is 5.52 Å². The molecule has 0 unspecified atom stereocenters. The third-order valence-corrected chi connectivity index (χ3v) is 5.32. The van der Waals surface area contributed by atoms with Gasteiger partial charge in [-0.25, -0.2) is 8.42 Å². The molecule has 145 valence electrons. The molecule has 28 heavy (non-hydrogen) atoms. The van der Waals surface area contributed by atoms with Crippen molar-refractivity contribution >= 4 is 33.2 Å². The average molecular weight is 432 g/mol. The van der Waals surface area contributed by atoms with Crippen LogP contribution in [0, 0.1) is 6.92 Å². The molecular weight excluding hydrogens is 409 g/mol. The first-order valence-corrected chi connectivity index (χ1v) is 10.6. The SMILES string of the molecule is Cc1ccc(/C=C/c2cc[n+](CCCCS(=O)(=O)[O-])c3ccccc23)cc1.[V]. The number of aromatic nitrogens is 1. The maximum Gasteiger partial charge on any atom is 0.213 e. The van der Waals surface area contributed by atoms with Crippen LogP contribution in [0.5, 0.6) is 0 Å². The monoisotopic (exact) mass is 432 g/mol. The van der Waals surface area contributed by atoms with E-state index in [2.05, 4.69) is 66.1 Å². The van der Waals surface area contributed by atoms with Crippen LogP contribution in [-0.4, -0.2) is 18.7 Å². The molecule has 6 heteroatoms. The van der Waals surface area contributed by atoms with Gasteiger partial charge in [0.25, 0.3) is 0 Å². The molecule has 0 aliphatic carbocycles. The van der Waals surface area contributed by atoms with Crippen LogP contribution in [0.2, 0.25) is 0 Å². The van der Waals surface area contributed by atoms with Crippen LogP contribution >= 0.6 is 0 Å². The Kier molecular flexibility index (Phi) is 8.02. The summed E-state index contributed by atoms with van der Waals surface area (Å²) >= 11 is 0. The Morgan fingerprint density at radius 2 is 1.68 bits per heavy atom. The predicted octanol–water partition coefficient (Wildman–Crippen LogP) is 3.93. The van der Waals surface area contributed by atoms with Crippen LogP contribution in [-0.2, 0) is 35.2 Å². The van der Waals surface area contributed by atoms with Crippen molar-refractivity contribution in [3.8, 4) is 0 Å². The first kappa shape index (κ1) is 22.4. The van der Waals surface area contributed by atoms with E-state index in [0.29, 0.717) is 19.4 Å². The van der Waals surface area contributed by atoms with Crippen molar-refractivity contribution in [1.82, 2.24) is 0 Å². The van der Waals surface area contributed by atoms with Crippen molar-refractivity contribution < 1.29 is 36.1 Å². The molecule has 0 N–H and O–H groups in total. The molecule has 0 saturated carbocycles. The molecule has 0 aliphatic rings. The van der Waals surface area contributed by atoms with Gasteiger partial charge in [-0.1, -0.05) is 54.1 Å². The van der Waals surface area contributed by atoms with Gasteiger partial charge in [0.05, 0.1) is 15.5 Å². The van der Waals surface area contributed by atoms with Gasteiger partial charge in [-0.3, -0.25) is 0 Å². The number of hydrogen-bond donors (Lipinski definition) is 0. The number of fused-ring (bicyclic) bond motifs is 1. The molecule has 3 aromatic rings. The molecule has 0 amide bonds. The van der Waals surface area contributed by atoms with Crippen LogP contribution in [0.15, 0.2) is 60.8 Å². The van der Waals surface area contributed by atoms with Crippen molar-refractivity contribution in [3.05, 3.63) is 77.5 Å². The molecule has 1 heterocycles. The number of rotatable bonds is 7. The van der Waals surface area contributed by atoms with Gasteiger partial charge in [-0.05, 0) is 30.5 Å². The van der Waals surface area contributed by atoms with Gasteiger partial charge < -0.3 is 4.55 Å². The first-order chi connectivity index (χ1) is 12.9. The van der Waals surface area contributed by atoms with E-state index in [9.17, 15) is 13.0 Å². The molecule has 0 spiro atoms. The molecule has 0 aliphatic heterocycles. The summed E-state index contributed by atoms with van der Waals surface area (Å²) < 4.78 is 34.3. The Labute approximate surface area is 178 Å². The zero-order valence-corrected chi connectivity index (χ0v) is 18.0. The minimum atomic E-state index is -4.13. The van der Waals surface area contributed by atoms with Crippen LogP contribution < -0.4 is 4.57 Å². The molecule has 1 radical (unpaired) electrons. The Morgan fingerprint density at radius 1 is 0.964 bits per heavy atom. The fourth-order valence-electron chi connectivity index (χ4n) is 3.07. The van der Waals surface area contributed by atoms with Crippen molar-refractivity contribution in [3.63, 3.8) is 0 Å². The summed E-state index contributed by atoms with van der Waals surface area (Å²) in [5.74, 6) is -0.303. The topological polar surface area (TPSA) is 61.1 Å². The van der Waals surface area contributed by atoms with Gasteiger partial charge >= 0.3 is 0 Å². The number of benzene rings is 2. The number of hydrogen-bond acceptors (Lipinski definition) is 3. The molecule has 0 atom stereocenters. The van der Waals surface area contributed by atoms with E-state index in [4.69, 9.17) is 0 Å². The Bertz CT molecular complexity index is 1060. The summed E-state index contributed by atoms with van der Waals surface area (Å²) in [5.41, 5.74) is 4.61. The van der Waals surface area contributed by atoms with Crippen LogP contribution in [0.25, 0.3) is 23.1 Å². The minimum absolute atomic E-state index is 0. The van der Waals surface area contributed by atoms with E-state index < -0.39 is 10.1 Å². The number of unbranched alkanes of at least 4 members (excludes halogenated alkanes) is 1. The van der Waals surface area contributed by atoms with Gasteiger partial charge in [0, 0.05) is 42.9 Å². The number of pyridine rings is 1. The Morgan fingerprint density at radius 3 is 2.39 bits per heavy atom. The molecule has 0 fully saturated rings. The molecule has 4 nitrogen and oxygen atoms in total. The second-order valence-electron chi connectivity index (χ2n) is 6.69. The van der Waals surface area contributed by atoms with Gasteiger partial charge in [0.1, 0.15) is 6.54 Å². The largest absolute Gasteiger partial charge is 0.748 e. The van der Waals surface area contributed by atoms with Gasteiger partial charge in [-0.15, -0.1) is 0 Å². The molecule has 1 aromatic heterocycles. The summed E-state index contributed by atoms with van der Waals surface area (Å²) in [7, 11) is -4.13. The van der Waals surface area contributed by atoms with E-state index in [1.165, 1.54) is 5.56 Å². The van der Waals surface area contributed by atoms with Crippen molar-refractivity contribution in [2.45, 2.75) is 26.3 Å². The van der Waals surface area contributed by atoms with E-state index in [-0.39, 0.29) is 24.3 Å². The molecule has 0 saturated heterocycles. The number of nitrogens with zero attached hydrogens (tertiary/aromatic N) is 1. The zero-order valence-electron chi connectivity index (χ0n) is 15.8. The fourth-order valence-corrected chi connectivity index (χ4v) is 3.63. The summed E-state index contributed by atoms with van der Waals surface area (Å²) in [4.78, 5) is 0. The Hall–Kier alpha value is -1.92. The van der Waals surface area contributed by atoms with E-state index in [0.717, 1.165) is 22.0 Å². The Balaban J connectivity index is 0.00000280. The molecule has 0 bridgehead atoms. The van der Waals surface area contributed by atoms with E-state index in [1.807, 2.05) is 18.3 Å². The summed E-state index contributed by atoms with van der Waals surface area (Å²) in [6.07, 6.45) is 7.26. The molecule has 2 aromatic carbocycles. The van der Waals surface area contributed by atoms with E-state index >= 15 is 0 Å². The van der Waals surface area contributed by atoms with Crippen LogP contribution in [0.1, 0.15) is 29.5 Å². The van der Waals surface area contributed by atoms with Crippen molar-refractivity contribution in [2.24, 2.45) is 0 Å². The van der Waals surface area contributed by atoms with Gasteiger partial charge in [0.15, 0.2) is 6.20 Å². The quantitative estimate of drug-likeness (QED) is 0.323. The second-order valence-corrected chi connectivity index (χ2v) is 8.22. The maximum atomic E-state index is 10.7. The summed E-state index contributed by atoms with van der Waals surface area (Å²) in [6, 6.07) is 18.6. The van der Waals surface area contributed by atoms with Crippen LogP contribution in [0.4, 0.5) is 0 Å². The second kappa shape index (κ2) is 10.0. The first-order valence-electron chi connectivity index (χ1n) is 9.02. The predicted molar refractivity (Wildman–Crippen MR) is 108 cm³/mol. The van der Waals surface area contributed by atoms with Crippen molar-refractivity contribution in [2.75, 3.05) is 5.75 Å².